The monoisotopic (exact) mass is 652 g/mol. The Labute approximate surface area is 292 Å². The number of hydrogen-bond donors (Lipinski definition) is 0. The minimum absolute atomic E-state index is 1.02. The summed E-state index contributed by atoms with van der Waals surface area (Å²) >= 11 is 1.78. The van der Waals surface area contributed by atoms with Gasteiger partial charge >= 0.3 is 0 Å². The zero-order valence-electron chi connectivity index (χ0n) is 27.0. The molecule has 0 spiro atoms. The Morgan fingerprint density at radius 3 is 1.66 bits per heavy atom. The van der Waals surface area contributed by atoms with Gasteiger partial charge in [-0.3, -0.25) is 0 Å². The first-order valence-electron chi connectivity index (χ1n) is 17.1. The number of rotatable bonds is 3. The Balaban J connectivity index is 1.15. The molecule has 3 heterocycles. The third-order valence-corrected chi connectivity index (χ3v) is 11.5. The van der Waals surface area contributed by atoms with Crippen LogP contribution in [0.5, 0.6) is 0 Å². The van der Waals surface area contributed by atoms with Crippen molar-refractivity contribution in [2.75, 3.05) is 0 Å². The second kappa shape index (κ2) is 10.6. The third kappa shape index (κ3) is 3.92. The van der Waals surface area contributed by atoms with Gasteiger partial charge in [-0.2, -0.15) is 0 Å². The van der Waals surface area contributed by atoms with Gasteiger partial charge in [0.25, 0.3) is 0 Å². The minimum Gasteiger partial charge on any atom is -0.308 e. The summed E-state index contributed by atoms with van der Waals surface area (Å²) in [5.41, 5.74) is 8.10. The Bertz CT molecular complexity index is 3100. The highest BCUT2D eigenvalue weighted by Crippen LogP contribution is 2.46. The van der Waals surface area contributed by atoms with Gasteiger partial charge in [-0.1, -0.05) is 140 Å². The highest BCUT2D eigenvalue weighted by Gasteiger charge is 2.23. The van der Waals surface area contributed by atoms with Crippen LogP contribution in [-0.2, 0) is 0 Å². The molecule has 11 rings (SSSR count). The first-order valence-corrected chi connectivity index (χ1v) is 17.9. The summed E-state index contributed by atoms with van der Waals surface area (Å²) in [7, 11) is 0. The maximum atomic E-state index is 5.48. The third-order valence-electron chi connectivity index (χ3n) is 10.4. The molecule has 11 aromatic rings. The highest BCUT2D eigenvalue weighted by molar-refractivity contribution is 7.25. The minimum atomic E-state index is 1.02. The lowest BCUT2D eigenvalue weighted by molar-refractivity contribution is 1.19. The van der Waals surface area contributed by atoms with Crippen LogP contribution in [0.25, 0.3) is 102 Å². The number of hydrogen-bond acceptors (Lipinski definition) is 2. The van der Waals surface area contributed by atoms with E-state index in [-0.39, 0.29) is 0 Å². The van der Waals surface area contributed by atoms with Gasteiger partial charge < -0.3 is 4.57 Å². The summed E-state index contributed by atoms with van der Waals surface area (Å²) in [4.78, 5) is 6.54. The lowest BCUT2D eigenvalue weighted by Gasteiger charge is -2.12. The van der Waals surface area contributed by atoms with Crippen molar-refractivity contribution in [3.05, 3.63) is 170 Å². The molecular weight excluding hydrogens is 625 g/mol. The van der Waals surface area contributed by atoms with E-state index >= 15 is 0 Å². The van der Waals surface area contributed by atoms with Gasteiger partial charge in [-0.15, -0.1) is 11.3 Å². The van der Waals surface area contributed by atoms with Crippen molar-refractivity contribution in [1.82, 2.24) is 9.55 Å². The number of fused-ring (bicyclic) bond motifs is 13. The fourth-order valence-corrected chi connectivity index (χ4v) is 9.26. The van der Waals surface area contributed by atoms with E-state index in [2.05, 4.69) is 174 Å². The van der Waals surface area contributed by atoms with Crippen LogP contribution >= 0.6 is 11.3 Å². The van der Waals surface area contributed by atoms with Gasteiger partial charge in [-0.25, -0.2) is 4.98 Å². The molecule has 0 radical (unpaired) electrons. The van der Waals surface area contributed by atoms with E-state index < -0.39 is 0 Å². The second-order valence-corrected chi connectivity index (χ2v) is 14.1. The average molecular weight is 653 g/mol. The fourth-order valence-electron chi connectivity index (χ4n) is 8.18. The van der Waals surface area contributed by atoms with Gasteiger partial charge in [0.05, 0.1) is 16.7 Å². The first-order chi connectivity index (χ1) is 24.8. The van der Waals surface area contributed by atoms with Crippen molar-refractivity contribution in [3.8, 4) is 28.1 Å². The van der Waals surface area contributed by atoms with E-state index in [1.54, 1.807) is 11.3 Å². The lowest BCUT2D eigenvalue weighted by atomic mass is 9.92. The molecule has 0 unspecified atom stereocenters. The molecule has 0 aliphatic carbocycles. The number of para-hydroxylation sites is 2. The van der Waals surface area contributed by atoms with Crippen LogP contribution in [0.1, 0.15) is 0 Å². The Kier molecular flexibility index (Phi) is 5.86. The second-order valence-electron chi connectivity index (χ2n) is 13.1. The van der Waals surface area contributed by atoms with Crippen LogP contribution in [0.4, 0.5) is 0 Å². The van der Waals surface area contributed by atoms with Crippen LogP contribution in [-0.4, -0.2) is 9.55 Å². The number of aromatic nitrogens is 2. The van der Waals surface area contributed by atoms with Crippen LogP contribution in [0.15, 0.2) is 170 Å². The number of thiophene rings is 1. The van der Waals surface area contributed by atoms with E-state index in [0.29, 0.717) is 0 Å². The zero-order valence-corrected chi connectivity index (χ0v) is 27.8. The van der Waals surface area contributed by atoms with Crippen molar-refractivity contribution in [2.24, 2.45) is 0 Å². The Morgan fingerprint density at radius 2 is 0.940 bits per heavy atom. The van der Waals surface area contributed by atoms with Crippen LogP contribution in [0.2, 0.25) is 0 Å². The fraction of sp³-hybridized carbons (Fsp3) is 0. The number of benzene rings is 8. The number of pyridine rings is 1. The van der Waals surface area contributed by atoms with E-state index in [0.717, 1.165) is 21.8 Å². The Morgan fingerprint density at radius 1 is 0.400 bits per heavy atom. The summed E-state index contributed by atoms with van der Waals surface area (Å²) in [6.45, 7) is 0. The molecule has 0 aliphatic heterocycles. The molecule has 232 valence electrons. The SMILES string of the molecule is c1ccc(-n2c3ccccc3c3c(-c4ccc(-c5ccc6c7ccccc7c7ccccc7c6c5)cc4)nc4sc5ccccc5c4c32)cc1. The summed E-state index contributed by atoms with van der Waals surface area (Å²) in [6, 6.07) is 61.8. The summed E-state index contributed by atoms with van der Waals surface area (Å²) in [5, 5.41) is 12.6. The first kappa shape index (κ1) is 27.6. The van der Waals surface area contributed by atoms with Crippen LogP contribution < -0.4 is 0 Å². The Hall–Kier alpha value is -6.29. The summed E-state index contributed by atoms with van der Waals surface area (Å²) in [5.74, 6) is 0. The highest BCUT2D eigenvalue weighted by atomic mass is 32.1. The smallest absolute Gasteiger partial charge is 0.127 e. The molecule has 0 fully saturated rings. The molecule has 0 atom stereocenters. The maximum Gasteiger partial charge on any atom is 0.127 e. The molecular formula is C47H28N2S. The predicted molar refractivity (Wildman–Crippen MR) is 215 cm³/mol. The average Bonchev–Trinajstić information content (AvgIpc) is 3.74. The van der Waals surface area contributed by atoms with E-state index in [1.807, 2.05) is 0 Å². The molecule has 2 nitrogen and oxygen atoms in total. The van der Waals surface area contributed by atoms with E-state index in [4.69, 9.17) is 4.98 Å². The summed E-state index contributed by atoms with van der Waals surface area (Å²) < 4.78 is 3.69. The largest absolute Gasteiger partial charge is 0.308 e. The van der Waals surface area contributed by atoms with Gasteiger partial charge in [0.1, 0.15) is 4.83 Å². The van der Waals surface area contributed by atoms with E-state index in [1.165, 1.54) is 80.7 Å². The van der Waals surface area contributed by atoms with Gasteiger partial charge in [0, 0.05) is 37.5 Å². The predicted octanol–water partition coefficient (Wildman–Crippen LogP) is 13.3. The maximum absolute atomic E-state index is 5.48. The van der Waals surface area contributed by atoms with Crippen molar-refractivity contribution in [2.45, 2.75) is 0 Å². The molecule has 0 N–H and O–H groups in total. The molecule has 3 aromatic heterocycles. The van der Waals surface area contributed by atoms with Gasteiger partial charge in [0.2, 0.25) is 0 Å². The summed E-state index contributed by atoms with van der Waals surface area (Å²) in [6.07, 6.45) is 0. The topological polar surface area (TPSA) is 17.8 Å². The standard InChI is InChI=1S/C47H28N2S/c1-2-12-32(13-3-1)49-41-20-10-8-18-38(41)43-45(48-47-44(46(43)49)39-19-9-11-21-42(39)50-47)30-24-22-29(23-25-30)31-26-27-37-35-16-5-4-14-33(35)34-15-6-7-17-36(34)40(37)28-31/h1-28H. The van der Waals surface area contributed by atoms with Gasteiger partial charge in [0.15, 0.2) is 0 Å². The normalized spacial score (nSPS) is 12.0. The molecule has 0 aliphatic rings. The van der Waals surface area contributed by atoms with Crippen molar-refractivity contribution in [3.63, 3.8) is 0 Å². The van der Waals surface area contributed by atoms with Crippen molar-refractivity contribution >= 4 is 85.8 Å². The molecule has 0 saturated heterocycles. The van der Waals surface area contributed by atoms with Crippen LogP contribution in [0.3, 0.4) is 0 Å². The zero-order chi connectivity index (χ0) is 32.8. The quantitative estimate of drug-likeness (QED) is 0.174. The molecule has 8 aromatic carbocycles. The van der Waals surface area contributed by atoms with Gasteiger partial charge in [-0.05, 0) is 73.8 Å². The molecule has 0 saturated carbocycles. The number of nitrogens with zero attached hydrogens (tertiary/aromatic N) is 2. The molecule has 0 bridgehead atoms. The molecule has 0 amide bonds. The molecule has 3 heteroatoms. The van der Waals surface area contributed by atoms with Crippen molar-refractivity contribution in [1.29, 1.82) is 0 Å². The lowest BCUT2D eigenvalue weighted by Crippen LogP contribution is -1.95. The van der Waals surface area contributed by atoms with Crippen LogP contribution in [0, 0.1) is 0 Å². The van der Waals surface area contributed by atoms with E-state index in [9.17, 15) is 0 Å². The van der Waals surface area contributed by atoms with Crippen molar-refractivity contribution < 1.29 is 0 Å². The molecule has 50 heavy (non-hydrogen) atoms.